The molecule has 2 aromatic carbocycles. The molecule has 1 amide bonds. The van der Waals surface area contributed by atoms with Crippen LogP contribution in [0.5, 0.6) is 11.5 Å². The molecule has 0 aliphatic heterocycles. The largest absolute Gasteiger partial charge is 0.507 e. The second kappa shape index (κ2) is 8.19. The van der Waals surface area contributed by atoms with Crippen LogP contribution >= 0.6 is 0 Å². The summed E-state index contributed by atoms with van der Waals surface area (Å²) in [7, 11) is 3.88. The molecule has 2 aromatic rings. The van der Waals surface area contributed by atoms with Gasteiger partial charge in [0.2, 0.25) is 0 Å². The summed E-state index contributed by atoms with van der Waals surface area (Å²) in [6.07, 6.45) is 1.53. The van der Waals surface area contributed by atoms with E-state index in [-0.39, 0.29) is 18.3 Å². The molecule has 0 fully saturated rings. The number of carbonyl (C=O) groups is 1. The Balaban J connectivity index is 1.87. The number of hydrazone groups is 1. The van der Waals surface area contributed by atoms with Gasteiger partial charge in [-0.1, -0.05) is 6.07 Å². The van der Waals surface area contributed by atoms with Crippen LogP contribution in [-0.2, 0) is 4.79 Å². The lowest BCUT2D eigenvalue weighted by Crippen LogP contribution is -2.24. The fraction of sp³-hybridized carbons (Fsp3) is 0.263. The molecule has 0 saturated carbocycles. The van der Waals surface area contributed by atoms with Crippen molar-refractivity contribution in [3.05, 3.63) is 53.1 Å². The number of phenolic OH excluding ortho intramolecular Hbond substituents is 1. The van der Waals surface area contributed by atoms with Crippen molar-refractivity contribution >= 4 is 17.8 Å². The molecule has 0 atom stereocenters. The highest BCUT2D eigenvalue weighted by Gasteiger charge is 2.04. The van der Waals surface area contributed by atoms with E-state index in [1.165, 1.54) is 6.21 Å². The molecule has 6 heteroatoms. The van der Waals surface area contributed by atoms with Gasteiger partial charge in [-0.2, -0.15) is 5.10 Å². The normalized spacial score (nSPS) is 10.7. The molecule has 0 unspecified atom stereocenters. The van der Waals surface area contributed by atoms with Crippen molar-refractivity contribution in [2.75, 3.05) is 25.6 Å². The van der Waals surface area contributed by atoms with Gasteiger partial charge in [-0.3, -0.25) is 4.79 Å². The average Bonchev–Trinajstić information content (AvgIpc) is 2.58. The Morgan fingerprint density at radius 1 is 1.24 bits per heavy atom. The van der Waals surface area contributed by atoms with E-state index >= 15 is 0 Å². The van der Waals surface area contributed by atoms with Gasteiger partial charge in [0.25, 0.3) is 5.91 Å². The van der Waals surface area contributed by atoms with E-state index in [1.807, 2.05) is 51.0 Å². The lowest BCUT2D eigenvalue weighted by atomic mass is 10.1. The SMILES string of the molecule is Cc1cc(C=NNC(=O)COc2cccc(N(C)C)c2)cc(C)c1O. The van der Waals surface area contributed by atoms with Crippen LogP contribution in [0.1, 0.15) is 16.7 Å². The summed E-state index contributed by atoms with van der Waals surface area (Å²) in [6, 6.07) is 11.1. The average molecular weight is 341 g/mol. The molecular weight excluding hydrogens is 318 g/mol. The molecule has 2 N–H and O–H groups in total. The highest BCUT2D eigenvalue weighted by molar-refractivity contribution is 5.83. The van der Waals surface area contributed by atoms with E-state index in [2.05, 4.69) is 10.5 Å². The molecule has 0 aromatic heterocycles. The molecule has 0 heterocycles. The molecule has 132 valence electrons. The Labute approximate surface area is 147 Å². The van der Waals surface area contributed by atoms with Gasteiger partial charge >= 0.3 is 0 Å². The number of rotatable bonds is 6. The number of benzene rings is 2. The van der Waals surface area contributed by atoms with Crippen LogP contribution in [0.25, 0.3) is 0 Å². The Hall–Kier alpha value is -3.02. The van der Waals surface area contributed by atoms with E-state index in [0.29, 0.717) is 5.75 Å². The first kappa shape index (κ1) is 18.3. The van der Waals surface area contributed by atoms with E-state index in [0.717, 1.165) is 22.4 Å². The first-order valence-corrected chi connectivity index (χ1v) is 7.89. The Morgan fingerprint density at radius 3 is 2.56 bits per heavy atom. The molecule has 0 spiro atoms. The summed E-state index contributed by atoms with van der Waals surface area (Å²) in [5, 5.41) is 13.7. The minimum Gasteiger partial charge on any atom is -0.507 e. The Morgan fingerprint density at radius 2 is 1.92 bits per heavy atom. The van der Waals surface area contributed by atoms with Gasteiger partial charge in [-0.15, -0.1) is 0 Å². The second-order valence-corrected chi connectivity index (χ2v) is 5.98. The first-order valence-electron chi connectivity index (χ1n) is 7.89. The number of anilines is 1. The van der Waals surface area contributed by atoms with Crippen LogP contribution in [0.3, 0.4) is 0 Å². The van der Waals surface area contributed by atoms with Gasteiger partial charge in [-0.05, 0) is 54.8 Å². The predicted molar refractivity (Wildman–Crippen MR) is 99.6 cm³/mol. The van der Waals surface area contributed by atoms with Gasteiger partial charge in [-0.25, -0.2) is 5.43 Å². The third-order valence-electron chi connectivity index (χ3n) is 3.62. The number of aryl methyl sites for hydroxylation is 2. The fourth-order valence-corrected chi connectivity index (χ4v) is 2.28. The maximum Gasteiger partial charge on any atom is 0.277 e. The number of ether oxygens (including phenoxy) is 1. The lowest BCUT2D eigenvalue weighted by Gasteiger charge is -2.13. The Bertz CT molecular complexity index is 762. The Kier molecular flexibility index (Phi) is 6.00. The number of aromatic hydroxyl groups is 1. The fourth-order valence-electron chi connectivity index (χ4n) is 2.28. The smallest absolute Gasteiger partial charge is 0.277 e. The van der Waals surface area contributed by atoms with Gasteiger partial charge < -0.3 is 14.7 Å². The standard InChI is InChI=1S/C19H23N3O3/c1-13-8-15(9-14(2)19(13)24)11-20-21-18(23)12-25-17-7-5-6-16(10-17)22(3)4/h5-11,24H,12H2,1-4H3,(H,21,23). The van der Waals surface area contributed by atoms with Crippen molar-refractivity contribution in [2.45, 2.75) is 13.8 Å². The predicted octanol–water partition coefficient (Wildman–Crippen LogP) is 2.60. The quantitative estimate of drug-likeness (QED) is 0.626. The summed E-state index contributed by atoms with van der Waals surface area (Å²) in [5.74, 6) is 0.545. The van der Waals surface area contributed by atoms with Crippen LogP contribution in [0.15, 0.2) is 41.5 Å². The second-order valence-electron chi connectivity index (χ2n) is 5.98. The molecule has 25 heavy (non-hydrogen) atoms. The van der Waals surface area contributed by atoms with Gasteiger partial charge in [0.1, 0.15) is 11.5 Å². The number of nitrogens with one attached hydrogen (secondary N) is 1. The topological polar surface area (TPSA) is 74.2 Å². The lowest BCUT2D eigenvalue weighted by molar-refractivity contribution is -0.123. The number of hydrogen-bond acceptors (Lipinski definition) is 5. The third kappa shape index (κ3) is 5.24. The number of carbonyl (C=O) groups excluding carboxylic acids is 1. The van der Waals surface area contributed by atoms with Crippen molar-refractivity contribution in [1.82, 2.24) is 5.43 Å². The number of phenols is 1. The van der Waals surface area contributed by atoms with E-state index in [9.17, 15) is 9.90 Å². The van der Waals surface area contributed by atoms with Crippen LogP contribution in [0.4, 0.5) is 5.69 Å². The first-order chi connectivity index (χ1) is 11.9. The molecule has 0 bridgehead atoms. The van der Waals surface area contributed by atoms with Crippen LogP contribution in [0, 0.1) is 13.8 Å². The van der Waals surface area contributed by atoms with Crippen molar-refractivity contribution in [3.8, 4) is 11.5 Å². The molecule has 0 saturated heterocycles. The highest BCUT2D eigenvalue weighted by Crippen LogP contribution is 2.22. The molecule has 6 nitrogen and oxygen atoms in total. The molecular formula is C19H23N3O3. The molecule has 0 aliphatic rings. The molecule has 0 radical (unpaired) electrons. The minimum absolute atomic E-state index is 0.123. The van der Waals surface area contributed by atoms with Crippen LogP contribution in [-0.4, -0.2) is 37.9 Å². The summed E-state index contributed by atoms with van der Waals surface area (Å²) in [4.78, 5) is 13.8. The van der Waals surface area contributed by atoms with Gasteiger partial charge in [0.15, 0.2) is 6.61 Å². The number of amides is 1. The number of hydrogen-bond donors (Lipinski definition) is 2. The third-order valence-corrected chi connectivity index (χ3v) is 3.62. The number of nitrogens with zero attached hydrogens (tertiary/aromatic N) is 2. The van der Waals surface area contributed by atoms with Crippen molar-refractivity contribution in [2.24, 2.45) is 5.10 Å². The molecule has 2 rings (SSSR count). The zero-order valence-electron chi connectivity index (χ0n) is 14.9. The van der Waals surface area contributed by atoms with Crippen LogP contribution < -0.4 is 15.1 Å². The summed E-state index contributed by atoms with van der Waals surface area (Å²) in [6.45, 7) is 3.50. The van der Waals surface area contributed by atoms with Crippen molar-refractivity contribution < 1.29 is 14.6 Å². The maximum absolute atomic E-state index is 11.8. The zero-order valence-corrected chi connectivity index (χ0v) is 14.9. The van der Waals surface area contributed by atoms with E-state index < -0.39 is 0 Å². The van der Waals surface area contributed by atoms with Crippen molar-refractivity contribution in [1.29, 1.82) is 0 Å². The minimum atomic E-state index is -0.348. The van der Waals surface area contributed by atoms with E-state index in [4.69, 9.17) is 4.74 Å². The van der Waals surface area contributed by atoms with E-state index in [1.54, 1.807) is 18.2 Å². The van der Waals surface area contributed by atoms with Gasteiger partial charge in [0.05, 0.1) is 6.21 Å². The zero-order chi connectivity index (χ0) is 18.4. The summed E-state index contributed by atoms with van der Waals surface area (Å²) in [5.41, 5.74) is 5.74. The monoisotopic (exact) mass is 341 g/mol. The molecule has 0 aliphatic carbocycles. The summed E-state index contributed by atoms with van der Waals surface area (Å²) < 4.78 is 5.47. The van der Waals surface area contributed by atoms with Crippen molar-refractivity contribution in [3.63, 3.8) is 0 Å². The summed E-state index contributed by atoms with van der Waals surface area (Å²) >= 11 is 0. The highest BCUT2D eigenvalue weighted by atomic mass is 16.5. The maximum atomic E-state index is 11.8. The van der Waals surface area contributed by atoms with Gasteiger partial charge in [0, 0.05) is 25.8 Å². The van der Waals surface area contributed by atoms with Crippen LogP contribution in [0.2, 0.25) is 0 Å².